The van der Waals surface area contributed by atoms with E-state index >= 15 is 0 Å². The van der Waals surface area contributed by atoms with Gasteiger partial charge in [0, 0.05) is 16.5 Å². The number of hydrogen-bond donors (Lipinski definition) is 1. The van der Waals surface area contributed by atoms with Crippen LogP contribution in [0.4, 0.5) is 4.79 Å². The van der Waals surface area contributed by atoms with Gasteiger partial charge in [-0.3, -0.25) is 0 Å². The Morgan fingerprint density at radius 2 is 2.36 bits per heavy atom. The molecule has 0 saturated heterocycles. The largest absolute Gasteiger partial charge is 0.469 e. The van der Waals surface area contributed by atoms with Crippen molar-refractivity contribution in [3.63, 3.8) is 0 Å². The van der Waals surface area contributed by atoms with Crippen LogP contribution >= 0.6 is 22.9 Å². The van der Waals surface area contributed by atoms with Crippen LogP contribution in [0.5, 0.6) is 0 Å². The van der Waals surface area contributed by atoms with Gasteiger partial charge in [-0.25, -0.2) is 4.79 Å². The fraction of sp³-hybridized carbons (Fsp3) is 0.286. The van der Waals surface area contributed by atoms with Crippen molar-refractivity contribution in [3.05, 3.63) is 22.4 Å². The van der Waals surface area contributed by atoms with Crippen molar-refractivity contribution in [1.82, 2.24) is 0 Å². The van der Waals surface area contributed by atoms with Crippen molar-refractivity contribution in [2.24, 2.45) is 0 Å². The highest BCUT2D eigenvalue weighted by molar-refractivity contribution is 7.09. The lowest BCUT2D eigenvalue weighted by Gasteiger charge is -1.78. The SMILES string of the molecule is CCc1cccs1.O=C(O)Cl. The maximum absolute atomic E-state index is 8.77. The van der Waals surface area contributed by atoms with Crippen LogP contribution in [0.15, 0.2) is 17.5 Å². The van der Waals surface area contributed by atoms with Crippen LogP contribution in [0.1, 0.15) is 11.8 Å². The highest BCUT2D eigenvalue weighted by Gasteiger charge is 1.82. The fourth-order valence-electron chi connectivity index (χ4n) is 0.514. The Bertz CT molecular complexity index is 192. The van der Waals surface area contributed by atoms with Crippen LogP contribution in [0, 0.1) is 0 Å². The smallest absolute Gasteiger partial charge is 0.401 e. The zero-order chi connectivity index (χ0) is 8.69. The second-order valence-corrected chi connectivity index (χ2v) is 3.04. The molecule has 1 aromatic heterocycles. The number of carboxylic acid groups (broad SMARTS) is 1. The monoisotopic (exact) mass is 192 g/mol. The van der Waals surface area contributed by atoms with Gasteiger partial charge in [0.1, 0.15) is 0 Å². The van der Waals surface area contributed by atoms with Gasteiger partial charge in [0.15, 0.2) is 0 Å². The molecule has 0 aliphatic rings. The first-order valence-electron chi connectivity index (χ1n) is 3.07. The topological polar surface area (TPSA) is 37.3 Å². The number of carbonyl (C=O) groups is 1. The first kappa shape index (κ1) is 10.5. The van der Waals surface area contributed by atoms with E-state index in [1.54, 1.807) is 0 Å². The Kier molecular flexibility index (Phi) is 5.88. The quantitative estimate of drug-likeness (QED) is 0.694. The lowest BCUT2D eigenvalue weighted by atomic mass is 10.4. The summed E-state index contributed by atoms with van der Waals surface area (Å²) >= 11 is 6.01. The van der Waals surface area contributed by atoms with E-state index < -0.39 is 5.43 Å². The first-order chi connectivity index (χ1) is 5.16. The average molecular weight is 193 g/mol. The number of rotatable bonds is 1. The first-order valence-corrected chi connectivity index (χ1v) is 4.33. The molecule has 0 amide bonds. The molecule has 0 atom stereocenters. The summed E-state index contributed by atoms with van der Waals surface area (Å²) in [6.07, 6.45) is 1.18. The van der Waals surface area contributed by atoms with Crippen LogP contribution in [0.2, 0.25) is 0 Å². The van der Waals surface area contributed by atoms with Gasteiger partial charge in [-0.15, -0.1) is 11.3 Å². The molecule has 0 bridgehead atoms. The number of thiophene rings is 1. The fourth-order valence-corrected chi connectivity index (χ4v) is 1.17. The van der Waals surface area contributed by atoms with Crippen LogP contribution in [-0.2, 0) is 6.42 Å². The van der Waals surface area contributed by atoms with Gasteiger partial charge >= 0.3 is 5.43 Å². The average Bonchev–Trinajstić information content (AvgIpc) is 2.36. The summed E-state index contributed by atoms with van der Waals surface area (Å²) in [5, 5.41) is 9.29. The highest BCUT2D eigenvalue weighted by Crippen LogP contribution is 2.07. The summed E-state index contributed by atoms with van der Waals surface area (Å²) in [4.78, 5) is 10.2. The predicted molar refractivity (Wildman–Crippen MR) is 47.6 cm³/mol. The summed E-state index contributed by atoms with van der Waals surface area (Å²) in [6.45, 7) is 2.17. The van der Waals surface area contributed by atoms with Gasteiger partial charge in [-0.1, -0.05) is 13.0 Å². The third kappa shape index (κ3) is 7.36. The normalized spacial score (nSPS) is 8.18. The molecule has 0 aliphatic heterocycles. The van der Waals surface area contributed by atoms with Crippen LogP contribution in [0.25, 0.3) is 0 Å². The molecular weight excluding hydrogens is 184 g/mol. The van der Waals surface area contributed by atoms with Crippen LogP contribution in [0.3, 0.4) is 0 Å². The zero-order valence-electron chi connectivity index (χ0n) is 6.08. The summed E-state index contributed by atoms with van der Waals surface area (Å²) in [6, 6.07) is 4.24. The minimum absolute atomic E-state index is 1.18. The van der Waals surface area contributed by atoms with E-state index in [9.17, 15) is 0 Å². The van der Waals surface area contributed by atoms with Crippen molar-refractivity contribution < 1.29 is 9.90 Å². The third-order valence-electron chi connectivity index (χ3n) is 0.929. The summed E-state index contributed by atoms with van der Waals surface area (Å²) in [7, 11) is 0. The van der Waals surface area contributed by atoms with E-state index in [1.165, 1.54) is 11.3 Å². The number of aryl methyl sites for hydroxylation is 1. The molecule has 0 aromatic carbocycles. The molecule has 0 fully saturated rings. The maximum Gasteiger partial charge on any atom is 0.401 e. The molecule has 1 heterocycles. The Morgan fingerprint density at radius 1 is 1.82 bits per heavy atom. The van der Waals surface area contributed by atoms with E-state index in [0.717, 1.165) is 0 Å². The molecule has 0 aliphatic carbocycles. The maximum atomic E-state index is 8.77. The highest BCUT2D eigenvalue weighted by atomic mass is 35.5. The lowest BCUT2D eigenvalue weighted by molar-refractivity contribution is 0.220. The Hall–Kier alpha value is -0.540. The van der Waals surface area contributed by atoms with Gasteiger partial charge in [-0.05, 0) is 17.9 Å². The molecule has 62 valence electrons. The van der Waals surface area contributed by atoms with E-state index in [4.69, 9.17) is 9.90 Å². The van der Waals surface area contributed by atoms with Crippen molar-refractivity contribution >= 4 is 28.4 Å². The van der Waals surface area contributed by atoms with Gasteiger partial charge in [0.2, 0.25) is 0 Å². The van der Waals surface area contributed by atoms with Crippen molar-refractivity contribution in [2.45, 2.75) is 13.3 Å². The van der Waals surface area contributed by atoms with Crippen molar-refractivity contribution in [1.29, 1.82) is 0 Å². The number of halogens is 1. The molecule has 4 heteroatoms. The van der Waals surface area contributed by atoms with Crippen LogP contribution < -0.4 is 0 Å². The zero-order valence-corrected chi connectivity index (χ0v) is 7.65. The summed E-state index contributed by atoms with van der Waals surface area (Å²) in [5.74, 6) is 0. The van der Waals surface area contributed by atoms with Crippen molar-refractivity contribution in [3.8, 4) is 0 Å². The summed E-state index contributed by atoms with van der Waals surface area (Å²) in [5.41, 5.74) is -1.36. The van der Waals surface area contributed by atoms with Crippen molar-refractivity contribution in [2.75, 3.05) is 0 Å². The van der Waals surface area contributed by atoms with Gasteiger partial charge < -0.3 is 5.11 Å². The Morgan fingerprint density at radius 3 is 2.55 bits per heavy atom. The molecule has 1 aromatic rings. The van der Waals surface area contributed by atoms with Gasteiger partial charge in [-0.2, -0.15) is 0 Å². The molecule has 0 unspecified atom stereocenters. The van der Waals surface area contributed by atoms with E-state index in [-0.39, 0.29) is 0 Å². The lowest BCUT2D eigenvalue weighted by Crippen LogP contribution is -1.66. The second kappa shape index (κ2) is 6.19. The molecule has 0 saturated carbocycles. The summed E-state index contributed by atoms with van der Waals surface area (Å²) < 4.78 is 0. The van der Waals surface area contributed by atoms with Gasteiger partial charge in [0.05, 0.1) is 0 Å². The number of hydrogen-bond acceptors (Lipinski definition) is 2. The van der Waals surface area contributed by atoms with E-state index in [0.29, 0.717) is 0 Å². The molecule has 0 radical (unpaired) electrons. The Labute approximate surface area is 74.4 Å². The molecule has 2 nitrogen and oxygen atoms in total. The van der Waals surface area contributed by atoms with Crippen LogP contribution in [-0.4, -0.2) is 10.5 Å². The third-order valence-corrected chi connectivity index (χ3v) is 1.95. The molecule has 1 N–H and O–H groups in total. The predicted octanol–water partition coefficient (Wildman–Crippen LogP) is 3.21. The molecule has 0 spiro atoms. The minimum atomic E-state index is -1.36. The van der Waals surface area contributed by atoms with E-state index in [1.807, 2.05) is 11.3 Å². The Balaban J connectivity index is 0.000000218. The minimum Gasteiger partial charge on any atom is -0.469 e. The van der Waals surface area contributed by atoms with Gasteiger partial charge in [0.25, 0.3) is 0 Å². The standard InChI is InChI=1S/C6H8S.CHClO2/c1-2-6-4-3-5-7-6;2-1(3)4/h3-5H,2H2,1H3;(H,3,4). The molecule has 1 rings (SSSR count). The van der Waals surface area contributed by atoms with E-state index in [2.05, 4.69) is 36.0 Å². The second-order valence-electron chi connectivity index (χ2n) is 1.69. The molecule has 11 heavy (non-hydrogen) atoms. The molecular formula is C7H9ClO2S.